The van der Waals surface area contributed by atoms with Crippen molar-refractivity contribution in [3.63, 3.8) is 0 Å². The molecule has 0 fully saturated rings. The Morgan fingerprint density at radius 1 is 1.30 bits per heavy atom. The summed E-state index contributed by atoms with van der Waals surface area (Å²) in [5.74, 6) is 0. The van der Waals surface area contributed by atoms with E-state index < -0.39 is 0 Å². The molecule has 0 bridgehead atoms. The molecule has 2 aromatic rings. The van der Waals surface area contributed by atoms with Crippen LogP contribution in [0.4, 0.5) is 5.13 Å². The first-order chi connectivity index (χ1) is 9.61. The van der Waals surface area contributed by atoms with E-state index in [1.54, 1.807) is 11.3 Å². The van der Waals surface area contributed by atoms with Crippen molar-refractivity contribution in [2.24, 2.45) is 0 Å². The summed E-state index contributed by atoms with van der Waals surface area (Å²) < 4.78 is 0. The minimum absolute atomic E-state index is 0.365. The maximum absolute atomic E-state index is 4.70. The molecule has 1 aromatic heterocycles. The second-order valence-corrected chi connectivity index (χ2v) is 6.12. The molecule has 0 saturated heterocycles. The predicted octanol–water partition coefficient (Wildman–Crippen LogP) is 3.41. The van der Waals surface area contributed by atoms with Crippen molar-refractivity contribution in [2.75, 3.05) is 25.5 Å². The van der Waals surface area contributed by atoms with Gasteiger partial charge in [-0.1, -0.05) is 30.3 Å². The maximum atomic E-state index is 4.70. The second kappa shape index (κ2) is 6.86. The number of hydrogen-bond acceptors (Lipinski definition) is 4. The smallest absolute Gasteiger partial charge is 0.185 e. The van der Waals surface area contributed by atoms with Crippen LogP contribution in [0.3, 0.4) is 0 Å². The Balaban J connectivity index is 2.01. The van der Waals surface area contributed by atoms with Gasteiger partial charge < -0.3 is 10.2 Å². The van der Waals surface area contributed by atoms with Gasteiger partial charge in [0, 0.05) is 24.5 Å². The van der Waals surface area contributed by atoms with Crippen LogP contribution in [0.15, 0.2) is 30.3 Å². The highest BCUT2D eigenvalue weighted by Gasteiger charge is 2.15. The molecule has 0 saturated carbocycles. The van der Waals surface area contributed by atoms with Crippen LogP contribution in [0.1, 0.15) is 29.1 Å². The summed E-state index contributed by atoms with van der Waals surface area (Å²) in [5.41, 5.74) is 2.51. The minimum Gasteiger partial charge on any atom is -0.351 e. The Kier molecular flexibility index (Phi) is 5.15. The molecule has 0 aliphatic heterocycles. The summed E-state index contributed by atoms with van der Waals surface area (Å²) in [6.45, 7) is 5.26. The molecule has 3 nitrogen and oxygen atoms in total. The number of rotatable bonds is 6. The number of benzene rings is 1. The standard InChI is InChI=1S/C16H23N3S/c1-12(17-3)15-13(2)18-16(20-15)19(4)11-10-14-8-6-5-7-9-14/h5-9,12,17H,10-11H2,1-4H3. The summed E-state index contributed by atoms with van der Waals surface area (Å²) in [6.07, 6.45) is 1.05. The molecule has 0 spiro atoms. The lowest BCUT2D eigenvalue weighted by atomic mass is 10.1. The molecule has 4 heteroatoms. The van der Waals surface area contributed by atoms with Gasteiger partial charge in [-0.2, -0.15) is 0 Å². The fourth-order valence-corrected chi connectivity index (χ4v) is 3.24. The maximum Gasteiger partial charge on any atom is 0.185 e. The van der Waals surface area contributed by atoms with Crippen LogP contribution in [0.2, 0.25) is 0 Å². The Bertz CT molecular complexity index is 536. The first kappa shape index (κ1) is 15.0. The van der Waals surface area contributed by atoms with Gasteiger partial charge in [-0.15, -0.1) is 11.3 Å². The van der Waals surface area contributed by atoms with Crippen molar-refractivity contribution in [2.45, 2.75) is 26.3 Å². The van der Waals surface area contributed by atoms with Gasteiger partial charge in [-0.05, 0) is 32.9 Å². The number of likely N-dealkylation sites (N-methyl/N-ethyl adjacent to an activating group) is 1. The van der Waals surface area contributed by atoms with E-state index in [4.69, 9.17) is 4.98 Å². The average Bonchev–Trinajstić information content (AvgIpc) is 2.87. The summed E-state index contributed by atoms with van der Waals surface area (Å²) in [4.78, 5) is 8.27. The van der Waals surface area contributed by atoms with Crippen molar-refractivity contribution < 1.29 is 0 Å². The minimum atomic E-state index is 0.365. The Morgan fingerprint density at radius 3 is 2.65 bits per heavy atom. The number of anilines is 1. The van der Waals surface area contributed by atoms with Crippen LogP contribution in [-0.2, 0) is 6.42 Å². The van der Waals surface area contributed by atoms with Gasteiger partial charge in [0.25, 0.3) is 0 Å². The van der Waals surface area contributed by atoms with Gasteiger partial charge in [-0.3, -0.25) is 0 Å². The molecule has 0 aliphatic rings. The lowest BCUT2D eigenvalue weighted by molar-refractivity contribution is 0.658. The topological polar surface area (TPSA) is 28.2 Å². The lowest BCUT2D eigenvalue weighted by Gasteiger charge is -2.15. The molecule has 1 heterocycles. The first-order valence-corrected chi connectivity index (χ1v) is 7.83. The highest BCUT2D eigenvalue weighted by molar-refractivity contribution is 7.15. The fourth-order valence-electron chi connectivity index (χ4n) is 2.13. The second-order valence-electron chi connectivity index (χ2n) is 5.11. The Labute approximate surface area is 125 Å². The molecule has 20 heavy (non-hydrogen) atoms. The van der Waals surface area contributed by atoms with Crippen LogP contribution >= 0.6 is 11.3 Å². The zero-order chi connectivity index (χ0) is 14.5. The third-order valence-corrected chi connectivity index (χ3v) is 5.01. The van der Waals surface area contributed by atoms with E-state index in [1.807, 2.05) is 7.05 Å². The fraction of sp³-hybridized carbons (Fsp3) is 0.438. The Hall–Kier alpha value is -1.39. The first-order valence-electron chi connectivity index (χ1n) is 7.01. The molecule has 1 N–H and O–H groups in total. The number of aromatic nitrogens is 1. The van der Waals surface area contributed by atoms with Crippen molar-refractivity contribution in [3.05, 3.63) is 46.5 Å². The van der Waals surface area contributed by atoms with E-state index in [0.29, 0.717) is 6.04 Å². The van der Waals surface area contributed by atoms with Gasteiger partial charge in [0.2, 0.25) is 0 Å². The summed E-state index contributed by atoms with van der Waals surface area (Å²) >= 11 is 1.79. The Morgan fingerprint density at radius 2 is 2.00 bits per heavy atom. The van der Waals surface area contributed by atoms with Crippen LogP contribution in [-0.4, -0.2) is 25.6 Å². The monoisotopic (exact) mass is 289 g/mol. The van der Waals surface area contributed by atoms with Crippen molar-refractivity contribution >= 4 is 16.5 Å². The van der Waals surface area contributed by atoms with Crippen LogP contribution in [0.5, 0.6) is 0 Å². The molecular formula is C16H23N3S. The SMILES string of the molecule is CNC(C)c1sc(N(C)CCc2ccccc2)nc1C. The third-order valence-electron chi connectivity index (χ3n) is 3.55. The van der Waals surface area contributed by atoms with Gasteiger partial charge in [-0.25, -0.2) is 4.98 Å². The molecule has 1 atom stereocenters. The van der Waals surface area contributed by atoms with Crippen LogP contribution in [0.25, 0.3) is 0 Å². The number of hydrogen-bond donors (Lipinski definition) is 1. The van der Waals surface area contributed by atoms with Gasteiger partial charge >= 0.3 is 0 Å². The van der Waals surface area contributed by atoms with Gasteiger partial charge in [0.05, 0.1) is 5.69 Å². The van der Waals surface area contributed by atoms with E-state index in [1.165, 1.54) is 10.4 Å². The molecule has 1 unspecified atom stereocenters. The zero-order valence-corrected chi connectivity index (χ0v) is 13.5. The number of nitrogens with zero attached hydrogens (tertiary/aromatic N) is 2. The lowest BCUT2D eigenvalue weighted by Crippen LogP contribution is -2.20. The van der Waals surface area contributed by atoms with E-state index >= 15 is 0 Å². The predicted molar refractivity (Wildman–Crippen MR) is 87.7 cm³/mol. The quantitative estimate of drug-likeness (QED) is 0.883. The molecule has 0 aliphatic carbocycles. The third kappa shape index (κ3) is 3.58. The highest BCUT2D eigenvalue weighted by Crippen LogP contribution is 2.29. The van der Waals surface area contributed by atoms with Gasteiger partial charge in [0.1, 0.15) is 0 Å². The molecule has 108 valence electrons. The van der Waals surface area contributed by atoms with Gasteiger partial charge in [0.15, 0.2) is 5.13 Å². The molecule has 0 amide bonds. The van der Waals surface area contributed by atoms with E-state index in [9.17, 15) is 0 Å². The number of thiazole rings is 1. The summed E-state index contributed by atoms with van der Waals surface area (Å²) in [6, 6.07) is 11.0. The van der Waals surface area contributed by atoms with Crippen LogP contribution < -0.4 is 10.2 Å². The highest BCUT2D eigenvalue weighted by atomic mass is 32.1. The summed E-state index contributed by atoms with van der Waals surface area (Å²) in [5, 5.41) is 4.39. The normalized spacial score (nSPS) is 12.4. The van der Waals surface area contributed by atoms with Crippen molar-refractivity contribution in [1.82, 2.24) is 10.3 Å². The van der Waals surface area contributed by atoms with Crippen molar-refractivity contribution in [3.8, 4) is 0 Å². The van der Waals surface area contributed by atoms with Crippen molar-refractivity contribution in [1.29, 1.82) is 0 Å². The van der Waals surface area contributed by atoms with E-state index in [-0.39, 0.29) is 0 Å². The molecule has 1 aromatic carbocycles. The molecular weight excluding hydrogens is 266 g/mol. The van der Waals surface area contributed by atoms with Crippen LogP contribution in [0, 0.1) is 6.92 Å². The number of nitrogens with one attached hydrogen (secondary N) is 1. The van der Waals surface area contributed by atoms with E-state index in [0.717, 1.165) is 23.8 Å². The number of aryl methyl sites for hydroxylation is 1. The van der Waals surface area contributed by atoms with E-state index in [2.05, 4.69) is 61.4 Å². The average molecular weight is 289 g/mol. The molecule has 2 rings (SSSR count). The molecule has 0 radical (unpaired) electrons. The largest absolute Gasteiger partial charge is 0.351 e. The summed E-state index contributed by atoms with van der Waals surface area (Å²) in [7, 11) is 4.11. The zero-order valence-electron chi connectivity index (χ0n) is 12.7.